The van der Waals surface area contributed by atoms with Crippen LogP contribution in [0.15, 0.2) is 48.5 Å². The number of likely N-dealkylation sites (N-methyl/N-ethyl adjacent to an activating group) is 1. The maximum absolute atomic E-state index is 13.4. The molecule has 7 nitrogen and oxygen atoms in total. The predicted molar refractivity (Wildman–Crippen MR) is 131 cm³/mol. The van der Waals surface area contributed by atoms with Gasteiger partial charge in [0.05, 0.1) is 6.26 Å². The highest BCUT2D eigenvalue weighted by atomic mass is 35.5. The van der Waals surface area contributed by atoms with Crippen LogP contribution in [0.25, 0.3) is 0 Å². The Labute approximate surface area is 205 Å². The van der Waals surface area contributed by atoms with Crippen LogP contribution in [0.1, 0.15) is 17.0 Å². The molecule has 10 heteroatoms. The van der Waals surface area contributed by atoms with Gasteiger partial charge in [0.1, 0.15) is 5.82 Å². The van der Waals surface area contributed by atoms with E-state index < -0.39 is 10.0 Å². The smallest absolute Gasteiger partial charge is 0.320 e. The third kappa shape index (κ3) is 5.71. The van der Waals surface area contributed by atoms with Gasteiger partial charge >= 0.3 is 6.03 Å². The van der Waals surface area contributed by atoms with Crippen molar-refractivity contribution < 1.29 is 17.6 Å². The Balaban J connectivity index is 1.49. The van der Waals surface area contributed by atoms with E-state index in [0.29, 0.717) is 50.8 Å². The topological polar surface area (TPSA) is 64.2 Å². The lowest BCUT2D eigenvalue weighted by Crippen LogP contribution is -2.53. The van der Waals surface area contributed by atoms with Crippen molar-refractivity contribution in [3.63, 3.8) is 0 Å². The summed E-state index contributed by atoms with van der Waals surface area (Å²) in [6, 6.07) is 14.2. The zero-order valence-electron chi connectivity index (χ0n) is 19.4. The van der Waals surface area contributed by atoms with E-state index in [4.69, 9.17) is 11.6 Å². The van der Waals surface area contributed by atoms with Gasteiger partial charge in [-0.2, -0.15) is 4.31 Å². The van der Waals surface area contributed by atoms with Gasteiger partial charge in [-0.05, 0) is 42.4 Å². The minimum absolute atomic E-state index is 0.0625. The normalized spacial score (nSPS) is 21.9. The summed E-state index contributed by atoms with van der Waals surface area (Å²) in [5.74, 6) is -0.178. The summed E-state index contributed by atoms with van der Waals surface area (Å²) in [6.45, 7) is 3.12. The largest absolute Gasteiger partial charge is 0.322 e. The number of piperazine rings is 1. The molecule has 34 heavy (non-hydrogen) atoms. The summed E-state index contributed by atoms with van der Waals surface area (Å²) in [5.41, 5.74) is 2.11. The number of urea groups is 1. The molecule has 0 saturated carbocycles. The van der Waals surface area contributed by atoms with Gasteiger partial charge in [0.2, 0.25) is 10.0 Å². The van der Waals surface area contributed by atoms with E-state index in [9.17, 15) is 17.6 Å². The highest BCUT2D eigenvalue weighted by Gasteiger charge is 2.40. The van der Waals surface area contributed by atoms with Crippen molar-refractivity contribution in [3.05, 3.63) is 70.5 Å². The first-order chi connectivity index (χ1) is 16.1. The van der Waals surface area contributed by atoms with Crippen molar-refractivity contribution in [2.24, 2.45) is 0 Å². The number of rotatable bonds is 5. The van der Waals surface area contributed by atoms with E-state index in [2.05, 4.69) is 4.90 Å². The molecule has 4 rings (SSSR count). The molecule has 0 bridgehead atoms. The Bertz CT molecular complexity index is 1110. The molecule has 2 aromatic rings. The van der Waals surface area contributed by atoms with Crippen LogP contribution >= 0.6 is 11.6 Å². The summed E-state index contributed by atoms with van der Waals surface area (Å²) < 4.78 is 38.4. The zero-order chi connectivity index (χ0) is 24.5. The first kappa shape index (κ1) is 24.9. The monoisotopic (exact) mass is 508 g/mol. The van der Waals surface area contributed by atoms with Crippen molar-refractivity contribution in [3.8, 4) is 0 Å². The first-order valence-electron chi connectivity index (χ1n) is 11.3. The van der Waals surface area contributed by atoms with Crippen LogP contribution in [-0.2, 0) is 16.6 Å². The molecule has 0 unspecified atom stereocenters. The second-order valence-electron chi connectivity index (χ2n) is 9.10. The number of benzene rings is 2. The van der Waals surface area contributed by atoms with Crippen molar-refractivity contribution in [1.82, 2.24) is 19.0 Å². The Morgan fingerprint density at radius 3 is 2.21 bits per heavy atom. The summed E-state index contributed by atoms with van der Waals surface area (Å²) in [5, 5.41) is 0.662. The van der Waals surface area contributed by atoms with Gasteiger partial charge < -0.3 is 9.80 Å². The van der Waals surface area contributed by atoms with E-state index in [-0.39, 0.29) is 23.8 Å². The van der Waals surface area contributed by atoms with Crippen molar-refractivity contribution in [1.29, 1.82) is 0 Å². The fraction of sp³-hybridized carbons (Fsp3) is 0.458. The molecule has 184 valence electrons. The molecule has 2 aliphatic heterocycles. The molecule has 2 aromatic carbocycles. The molecular weight excluding hydrogens is 479 g/mol. The highest BCUT2D eigenvalue weighted by Crippen LogP contribution is 2.33. The minimum Gasteiger partial charge on any atom is -0.322 e. The van der Waals surface area contributed by atoms with E-state index >= 15 is 0 Å². The van der Waals surface area contributed by atoms with Gasteiger partial charge in [0.15, 0.2) is 0 Å². The fourth-order valence-electron chi connectivity index (χ4n) is 4.83. The average molecular weight is 509 g/mol. The van der Waals surface area contributed by atoms with Gasteiger partial charge in [-0.25, -0.2) is 17.6 Å². The lowest BCUT2D eigenvalue weighted by molar-refractivity contribution is 0.138. The van der Waals surface area contributed by atoms with E-state index in [1.54, 1.807) is 17.0 Å². The number of carbonyl (C=O) groups is 1. The second-order valence-corrected chi connectivity index (χ2v) is 11.5. The summed E-state index contributed by atoms with van der Waals surface area (Å²) in [6.07, 6.45) is 1.20. The summed E-state index contributed by atoms with van der Waals surface area (Å²) in [7, 11) is -1.23. The lowest BCUT2D eigenvalue weighted by Gasteiger charge is -2.35. The van der Waals surface area contributed by atoms with Gasteiger partial charge in [-0.3, -0.25) is 4.90 Å². The summed E-state index contributed by atoms with van der Waals surface area (Å²) >= 11 is 6.10. The Kier molecular flexibility index (Phi) is 7.47. The van der Waals surface area contributed by atoms with Crippen molar-refractivity contribution in [2.45, 2.75) is 18.5 Å². The Hall–Kier alpha value is -2.20. The SMILES string of the molecule is CN(Cc1ccc(F)cc1)[C@H]1CN(C(=O)N2CCN(S(C)(=O)=O)CC2)C[C@@H]1c1ccc(Cl)cc1. The number of hydrogen-bond donors (Lipinski definition) is 0. The number of sulfonamides is 1. The van der Waals surface area contributed by atoms with E-state index in [1.807, 2.05) is 36.2 Å². The molecule has 0 radical (unpaired) electrons. The number of likely N-dealkylation sites (tertiary alicyclic amines) is 1. The molecular formula is C24H30ClFN4O3S. The van der Waals surface area contributed by atoms with Gasteiger partial charge in [-0.15, -0.1) is 0 Å². The van der Waals surface area contributed by atoms with Gasteiger partial charge in [0.25, 0.3) is 0 Å². The van der Waals surface area contributed by atoms with Crippen molar-refractivity contribution in [2.75, 3.05) is 52.6 Å². The molecule has 2 amide bonds. The molecule has 0 aliphatic carbocycles. The number of nitrogens with zero attached hydrogens (tertiary/aromatic N) is 4. The maximum atomic E-state index is 13.4. The molecule has 2 aliphatic rings. The quantitative estimate of drug-likeness (QED) is 0.622. The molecule has 2 saturated heterocycles. The van der Waals surface area contributed by atoms with Crippen LogP contribution in [0.2, 0.25) is 5.02 Å². The highest BCUT2D eigenvalue weighted by molar-refractivity contribution is 7.88. The van der Waals surface area contributed by atoms with Crippen LogP contribution in [0.3, 0.4) is 0 Å². The van der Waals surface area contributed by atoms with Crippen LogP contribution in [0.5, 0.6) is 0 Å². The number of amides is 2. The zero-order valence-corrected chi connectivity index (χ0v) is 21.0. The number of hydrogen-bond acceptors (Lipinski definition) is 4. The number of carbonyl (C=O) groups excluding carboxylic acids is 1. The lowest BCUT2D eigenvalue weighted by atomic mass is 9.93. The molecule has 0 N–H and O–H groups in total. The number of halogens is 2. The molecule has 2 fully saturated rings. The molecule has 2 heterocycles. The van der Waals surface area contributed by atoms with Gasteiger partial charge in [-0.1, -0.05) is 35.9 Å². The Morgan fingerprint density at radius 2 is 1.62 bits per heavy atom. The second kappa shape index (κ2) is 10.2. The van der Waals surface area contributed by atoms with Crippen LogP contribution in [-0.4, -0.2) is 92.1 Å². The fourth-order valence-corrected chi connectivity index (χ4v) is 5.79. The standard InChI is InChI=1S/C24H30ClFN4O3S/c1-27(15-18-3-9-21(26)10-4-18)23-17-29(16-22(23)19-5-7-20(25)8-6-19)24(31)28-11-13-30(14-12-28)34(2,32)33/h3-10,22-23H,11-17H2,1-2H3/t22-,23+/m1/s1. The predicted octanol–water partition coefficient (Wildman–Crippen LogP) is 3.08. The van der Waals surface area contributed by atoms with Crippen LogP contribution in [0, 0.1) is 5.82 Å². The summed E-state index contributed by atoms with van der Waals surface area (Å²) in [4.78, 5) is 19.2. The molecule has 0 spiro atoms. The third-order valence-corrected chi connectivity index (χ3v) is 8.30. The minimum atomic E-state index is -3.25. The average Bonchev–Trinajstić information content (AvgIpc) is 3.26. The third-order valence-electron chi connectivity index (χ3n) is 6.75. The van der Waals surface area contributed by atoms with Crippen LogP contribution in [0.4, 0.5) is 9.18 Å². The van der Waals surface area contributed by atoms with E-state index in [0.717, 1.165) is 11.1 Å². The maximum Gasteiger partial charge on any atom is 0.320 e. The van der Waals surface area contributed by atoms with Gasteiger partial charge in [0, 0.05) is 62.8 Å². The van der Waals surface area contributed by atoms with Crippen molar-refractivity contribution >= 4 is 27.7 Å². The van der Waals surface area contributed by atoms with Crippen LogP contribution < -0.4 is 0 Å². The Morgan fingerprint density at radius 1 is 1.00 bits per heavy atom. The molecule has 0 aromatic heterocycles. The van der Waals surface area contributed by atoms with E-state index in [1.165, 1.54) is 22.7 Å². The molecule has 2 atom stereocenters. The first-order valence-corrected chi connectivity index (χ1v) is 13.5.